The van der Waals surface area contributed by atoms with Gasteiger partial charge in [0, 0.05) is 50.3 Å². The van der Waals surface area contributed by atoms with Crippen LogP contribution in [0.5, 0.6) is 0 Å². The van der Waals surface area contributed by atoms with Gasteiger partial charge in [-0.05, 0) is 18.2 Å². The fourth-order valence-electron chi connectivity index (χ4n) is 3.31. The number of carbonyl (C=O) groups excluding carboxylic acids is 2. The zero-order valence-corrected chi connectivity index (χ0v) is 12.9. The van der Waals surface area contributed by atoms with Crippen LogP contribution >= 0.6 is 0 Å². The van der Waals surface area contributed by atoms with Gasteiger partial charge >= 0.3 is 0 Å². The average molecular weight is 323 g/mol. The summed E-state index contributed by atoms with van der Waals surface area (Å²) in [6.07, 6.45) is -0.199. The van der Waals surface area contributed by atoms with Crippen LogP contribution in [0.4, 0.5) is 8.78 Å². The number of amides is 2. The molecule has 2 aliphatic heterocycles. The molecule has 1 aromatic rings. The van der Waals surface area contributed by atoms with Crippen molar-refractivity contribution >= 4 is 11.8 Å². The molecule has 0 aromatic heterocycles. The lowest BCUT2D eigenvalue weighted by Crippen LogP contribution is -2.52. The van der Waals surface area contributed by atoms with Crippen LogP contribution in [0.1, 0.15) is 27.1 Å². The highest BCUT2D eigenvalue weighted by Gasteiger charge is 2.47. The zero-order chi connectivity index (χ0) is 16.6. The molecule has 0 aliphatic carbocycles. The van der Waals surface area contributed by atoms with Crippen LogP contribution in [-0.2, 0) is 0 Å². The van der Waals surface area contributed by atoms with Crippen molar-refractivity contribution in [2.24, 2.45) is 0 Å². The molecule has 0 spiro atoms. The van der Waals surface area contributed by atoms with Crippen LogP contribution < -0.4 is 5.32 Å². The SMILES string of the molecule is CNC(=O)c1cccc(C(=O)N2CCN3CC(F)(F)C[C@@H]3C2)c1. The first kappa shape index (κ1) is 15.9. The number of piperazine rings is 1. The Morgan fingerprint density at radius 2 is 2.00 bits per heavy atom. The Kier molecular flexibility index (Phi) is 4.06. The second-order valence-corrected chi connectivity index (χ2v) is 6.10. The van der Waals surface area contributed by atoms with Gasteiger partial charge < -0.3 is 10.2 Å². The molecule has 0 saturated carbocycles. The molecule has 5 nitrogen and oxygen atoms in total. The molecule has 1 aromatic carbocycles. The lowest BCUT2D eigenvalue weighted by atomic mass is 10.1. The topological polar surface area (TPSA) is 52.7 Å². The van der Waals surface area contributed by atoms with E-state index in [2.05, 4.69) is 5.32 Å². The normalized spacial score (nSPS) is 23.4. The first-order valence-electron chi connectivity index (χ1n) is 7.63. The van der Waals surface area contributed by atoms with Crippen LogP contribution in [0.2, 0.25) is 0 Å². The van der Waals surface area contributed by atoms with Gasteiger partial charge in [0.1, 0.15) is 0 Å². The fraction of sp³-hybridized carbons (Fsp3) is 0.500. The number of nitrogens with zero attached hydrogens (tertiary/aromatic N) is 2. The summed E-state index contributed by atoms with van der Waals surface area (Å²) in [5.74, 6) is -3.14. The molecule has 124 valence electrons. The van der Waals surface area contributed by atoms with Gasteiger partial charge in [0.15, 0.2) is 0 Å². The molecule has 0 unspecified atom stereocenters. The van der Waals surface area contributed by atoms with Gasteiger partial charge in [0.25, 0.3) is 17.7 Å². The maximum absolute atomic E-state index is 13.5. The quantitative estimate of drug-likeness (QED) is 0.890. The standard InChI is InChI=1S/C16H19F2N3O2/c1-19-14(22)11-3-2-4-12(7-11)15(23)20-5-6-21-10-16(17,18)8-13(21)9-20/h2-4,7,13H,5-6,8-10H2,1H3,(H,19,22)/t13-/m1/s1. The van der Waals surface area contributed by atoms with E-state index in [4.69, 9.17) is 0 Å². The monoisotopic (exact) mass is 323 g/mol. The number of alkyl halides is 2. The summed E-state index contributed by atoms with van der Waals surface area (Å²) in [5.41, 5.74) is 0.814. The molecule has 3 rings (SSSR count). The third-order valence-electron chi connectivity index (χ3n) is 4.46. The van der Waals surface area contributed by atoms with Gasteiger partial charge in [-0.15, -0.1) is 0 Å². The van der Waals surface area contributed by atoms with Crippen molar-refractivity contribution in [2.45, 2.75) is 18.4 Å². The van der Waals surface area contributed by atoms with Crippen LogP contribution in [0, 0.1) is 0 Å². The van der Waals surface area contributed by atoms with Crippen LogP contribution in [0.25, 0.3) is 0 Å². The van der Waals surface area contributed by atoms with Gasteiger partial charge in [-0.25, -0.2) is 8.78 Å². The van der Waals surface area contributed by atoms with E-state index in [1.54, 1.807) is 28.0 Å². The predicted molar refractivity (Wildman–Crippen MR) is 80.7 cm³/mol. The number of hydrogen-bond acceptors (Lipinski definition) is 3. The van der Waals surface area contributed by atoms with Crippen molar-refractivity contribution in [1.82, 2.24) is 15.1 Å². The second kappa shape index (κ2) is 5.88. The van der Waals surface area contributed by atoms with Crippen LogP contribution in [-0.4, -0.2) is 66.8 Å². The molecular weight excluding hydrogens is 304 g/mol. The number of halogens is 2. The third-order valence-corrected chi connectivity index (χ3v) is 4.46. The minimum atomic E-state index is -2.66. The average Bonchev–Trinajstić information content (AvgIpc) is 2.86. The van der Waals surface area contributed by atoms with Crippen molar-refractivity contribution in [2.75, 3.05) is 33.2 Å². The van der Waals surface area contributed by atoms with Crippen LogP contribution in [0.3, 0.4) is 0 Å². The summed E-state index contributed by atoms with van der Waals surface area (Å²) in [5, 5.41) is 2.51. The number of fused-ring (bicyclic) bond motifs is 1. The summed E-state index contributed by atoms with van der Waals surface area (Å²) >= 11 is 0. The van der Waals surface area contributed by atoms with E-state index in [0.29, 0.717) is 30.8 Å². The zero-order valence-electron chi connectivity index (χ0n) is 12.9. The Balaban J connectivity index is 1.73. The molecule has 0 radical (unpaired) electrons. The van der Waals surface area contributed by atoms with Gasteiger partial charge in [0.2, 0.25) is 0 Å². The van der Waals surface area contributed by atoms with E-state index >= 15 is 0 Å². The molecule has 2 heterocycles. The molecule has 2 amide bonds. The van der Waals surface area contributed by atoms with E-state index in [1.165, 1.54) is 13.1 Å². The maximum Gasteiger partial charge on any atom is 0.262 e. The minimum absolute atomic E-state index is 0.199. The smallest absolute Gasteiger partial charge is 0.262 e. The van der Waals surface area contributed by atoms with Crippen molar-refractivity contribution < 1.29 is 18.4 Å². The van der Waals surface area contributed by atoms with Crippen molar-refractivity contribution in [3.8, 4) is 0 Å². The highest BCUT2D eigenvalue weighted by atomic mass is 19.3. The molecule has 2 fully saturated rings. The summed E-state index contributed by atoms with van der Waals surface area (Å²) in [4.78, 5) is 27.6. The largest absolute Gasteiger partial charge is 0.355 e. The minimum Gasteiger partial charge on any atom is -0.355 e. The van der Waals surface area contributed by atoms with E-state index in [0.717, 1.165) is 0 Å². The van der Waals surface area contributed by atoms with E-state index in [1.807, 2.05) is 0 Å². The molecule has 1 atom stereocenters. The Bertz CT molecular complexity index is 636. The van der Waals surface area contributed by atoms with Gasteiger partial charge in [-0.3, -0.25) is 14.5 Å². The molecular formula is C16H19F2N3O2. The first-order chi connectivity index (χ1) is 10.9. The summed E-state index contributed by atoms with van der Waals surface area (Å²) in [7, 11) is 1.52. The van der Waals surface area contributed by atoms with E-state index in [9.17, 15) is 18.4 Å². The molecule has 2 saturated heterocycles. The lowest BCUT2D eigenvalue weighted by molar-refractivity contribution is 0.0121. The molecule has 7 heteroatoms. The van der Waals surface area contributed by atoms with Crippen molar-refractivity contribution in [1.29, 1.82) is 0 Å². The van der Waals surface area contributed by atoms with Crippen LogP contribution in [0.15, 0.2) is 24.3 Å². The highest BCUT2D eigenvalue weighted by molar-refractivity contribution is 5.99. The van der Waals surface area contributed by atoms with Gasteiger partial charge in [0.05, 0.1) is 6.54 Å². The number of rotatable bonds is 2. The highest BCUT2D eigenvalue weighted by Crippen LogP contribution is 2.34. The maximum atomic E-state index is 13.5. The van der Waals surface area contributed by atoms with Gasteiger partial charge in [-0.2, -0.15) is 0 Å². The predicted octanol–water partition coefficient (Wildman–Crippen LogP) is 1.21. The third kappa shape index (κ3) is 3.19. The number of hydrogen-bond donors (Lipinski definition) is 1. The number of nitrogens with one attached hydrogen (secondary N) is 1. The second-order valence-electron chi connectivity index (χ2n) is 6.10. The summed E-state index contributed by atoms with van der Waals surface area (Å²) in [6, 6.07) is 6.18. The van der Waals surface area contributed by atoms with Crippen molar-refractivity contribution in [3.63, 3.8) is 0 Å². The Hall–Kier alpha value is -2.02. The Labute approximate surface area is 133 Å². The van der Waals surface area contributed by atoms with E-state index in [-0.39, 0.29) is 30.8 Å². The summed E-state index contributed by atoms with van der Waals surface area (Å²) in [6.45, 7) is 0.973. The number of carbonyl (C=O) groups is 2. The molecule has 23 heavy (non-hydrogen) atoms. The Morgan fingerprint density at radius 3 is 2.74 bits per heavy atom. The summed E-state index contributed by atoms with van der Waals surface area (Å²) < 4.78 is 27.0. The fourth-order valence-corrected chi connectivity index (χ4v) is 3.31. The van der Waals surface area contributed by atoms with Crippen molar-refractivity contribution in [3.05, 3.63) is 35.4 Å². The van der Waals surface area contributed by atoms with Gasteiger partial charge in [-0.1, -0.05) is 6.07 Å². The van der Waals surface area contributed by atoms with E-state index < -0.39 is 5.92 Å². The molecule has 0 bridgehead atoms. The lowest BCUT2D eigenvalue weighted by Gasteiger charge is -2.37. The molecule has 1 N–H and O–H groups in total. The number of benzene rings is 1. The molecule has 2 aliphatic rings. The Morgan fingerprint density at radius 1 is 1.26 bits per heavy atom. The first-order valence-corrected chi connectivity index (χ1v) is 7.63.